The monoisotopic (exact) mass is 634 g/mol. The van der Waals surface area contributed by atoms with E-state index >= 15 is 0 Å². The summed E-state index contributed by atoms with van der Waals surface area (Å²) in [7, 11) is 0. The standard InChI is InChI=1S/C45H30N4/c1-4-14-31(15-5-1)36-28-37(30-38(29-36)49-41-22-12-10-20-39(41)40-21-11-13-23-42(40)49)32-24-26-35(27-25-32)45-47-43(33-16-6-2-7-17-33)46-44(48-45)34-18-8-3-9-19-34/h1-30H/i10D,11D,12D,13D,20D,21D,22D,23D. The normalized spacial score (nSPS) is 13.6. The summed E-state index contributed by atoms with van der Waals surface area (Å²) in [5.74, 6) is 1.60. The highest BCUT2D eigenvalue weighted by molar-refractivity contribution is 6.09. The molecule has 230 valence electrons. The van der Waals surface area contributed by atoms with Crippen LogP contribution in [0.25, 0.3) is 83.9 Å². The van der Waals surface area contributed by atoms with Gasteiger partial charge in [-0.05, 0) is 52.5 Å². The van der Waals surface area contributed by atoms with E-state index in [9.17, 15) is 0 Å². The Labute approximate surface area is 295 Å². The van der Waals surface area contributed by atoms with Gasteiger partial charge in [0, 0.05) is 33.2 Å². The van der Waals surface area contributed by atoms with Crippen molar-refractivity contribution in [3.8, 4) is 62.1 Å². The molecule has 9 aromatic rings. The first-order valence-electron chi connectivity index (χ1n) is 19.8. The molecule has 0 aliphatic carbocycles. The van der Waals surface area contributed by atoms with E-state index in [0.717, 1.165) is 38.9 Å². The number of nitrogens with zero attached hydrogens (tertiary/aromatic N) is 4. The predicted molar refractivity (Wildman–Crippen MR) is 201 cm³/mol. The lowest BCUT2D eigenvalue weighted by Crippen LogP contribution is -2.00. The fraction of sp³-hybridized carbons (Fsp3) is 0. The third-order valence-electron chi connectivity index (χ3n) is 8.49. The summed E-state index contributed by atoms with van der Waals surface area (Å²) < 4.78 is 71.4. The molecule has 0 atom stereocenters. The largest absolute Gasteiger partial charge is 0.309 e. The third kappa shape index (κ3) is 5.35. The zero-order chi connectivity index (χ0) is 39.5. The van der Waals surface area contributed by atoms with Gasteiger partial charge in [-0.25, -0.2) is 15.0 Å². The first-order valence-corrected chi connectivity index (χ1v) is 15.8. The van der Waals surface area contributed by atoms with Crippen molar-refractivity contribution in [2.24, 2.45) is 0 Å². The second-order valence-corrected chi connectivity index (χ2v) is 11.5. The first-order chi connectivity index (χ1) is 27.6. The van der Waals surface area contributed by atoms with E-state index in [1.807, 2.05) is 133 Å². The van der Waals surface area contributed by atoms with Crippen LogP contribution in [0.2, 0.25) is 0 Å². The molecule has 0 aliphatic heterocycles. The van der Waals surface area contributed by atoms with Gasteiger partial charge in [0.2, 0.25) is 0 Å². The van der Waals surface area contributed by atoms with Gasteiger partial charge in [-0.2, -0.15) is 0 Å². The zero-order valence-electron chi connectivity index (χ0n) is 34.0. The molecule has 49 heavy (non-hydrogen) atoms. The molecule has 0 unspecified atom stereocenters. The Morgan fingerprint density at radius 3 is 1.20 bits per heavy atom. The summed E-state index contributed by atoms with van der Waals surface area (Å²) in [6, 6.07) is 39.4. The summed E-state index contributed by atoms with van der Waals surface area (Å²) in [4.78, 5) is 14.5. The van der Waals surface area contributed by atoms with Crippen LogP contribution in [0.4, 0.5) is 0 Å². The summed E-state index contributed by atoms with van der Waals surface area (Å²) in [6.07, 6.45) is 0. The molecular weight excluding hydrogens is 597 g/mol. The van der Waals surface area contributed by atoms with Gasteiger partial charge in [0.15, 0.2) is 17.5 Å². The lowest BCUT2D eigenvalue weighted by atomic mass is 9.97. The number of aromatic nitrogens is 4. The van der Waals surface area contributed by atoms with Crippen LogP contribution in [-0.2, 0) is 0 Å². The van der Waals surface area contributed by atoms with E-state index in [1.165, 1.54) is 0 Å². The average Bonchev–Trinajstić information content (AvgIpc) is 3.63. The molecule has 0 aliphatic rings. The highest BCUT2D eigenvalue weighted by Gasteiger charge is 2.15. The Morgan fingerprint density at radius 2 is 0.735 bits per heavy atom. The number of hydrogen-bond acceptors (Lipinski definition) is 3. The summed E-state index contributed by atoms with van der Waals surface area (Å²) >= 11 is 0. The van der Waals surface area contributed by atoms with Crippen molar-refractivity contribution in [3.05, 3.63) is 182 Å². The summed E-state index contributed by atoms with van der Waals surface area (Å²) in [5.41, 5.74) is 6.34. The van der Waals surface area contributed by atoms with Gasteiger partial charge >= 0.3 is 0 Å². The quantitative estimate of drug-likeness (QED) is 0.183. The van der Waals surface area contributed by atoms with Crippen molar-refractivity contribution in [1.82, 2.24) is 19.5 Å². The minimum Gasteiger partial charge on any atom is -0.309 e. The van der Waals surface area contributed by atoms with E-state index in [1.54, 1.807) is 4.57 Å². The number of para-hydroxylation sites is 2. The topological polar surface area (TPSA) is 43.6 Å². The SMILES string of the molecule is [2H]c1c([2H])c([2H])c2c(c1[2H])c1c([2H])c([2H])c([2H])c([2H])c1n2-c1cc(-c2ccccc2)cc(-c2ccc(-c3nc(-c4ccccc4)nc(-c4ccccc4)n3)cc2)c1. The van der Waals surface area contributed by atoms with E-state index in [0.29, 0.717) is 23.2 Å². The van der Waals surface area contributed by atoms with E-state index in [4.69, 9.17) is 25.9 Å². The smallest absolute Gasteiger partial charge is 0.164 e. The first kappa shape index (κ1) is 21.3. The number of rotatable bonds is 6. The highest BCUT2D eigenvalue weighted by Crippen LogP contribution is 2.36. The average molecular weight is 635 g/mol. The van der Waals surface area contributed by atoms with Crippen LogP contribution in [0.3, 0.4) is 0 Å². The molecule has 0 bridgehead atoms. The number of benzene rings is 7. The van der Waals surface area contributed by atoms with Crippen molar-refractivity contribution < 1.29 is 11.0 Å². The van der Waals surface area contributed by atoms with Gasteiger partial charge in [-0.1, -0.05) is 152 Å². The predicted octanol–water partition coefficient (Wildman–Crippen LogP) is 11.3. The van der Waals surface area contributed by atoms with Gasteiger partial charge in [0.1, 0.15) is 0 Å². The van der Waals surface area contributed by atoms with Crippen molar-refractivity contribution in [2.75, 3.05) is 0 Å². The summed E-state index contributed by atoms with van der Waals surface area (Å²) in [5, 5.41) is 0.0576. The third-order valence-corrected chi connectivity index (χ3v) is 8.49. The van der Waals surface area contributed by atoms with E-state index < -0.39 is 24.2 Å². The fourth-order valence-corrected chi connectivity index (χ4v) is 6.13. The van der Waals surface area contributed by atoms with Crippen LogP contribution in [0, 0.1) is 0 Å². The minimum atomic E-state index is -0.484. The van der Waals surface area contributed by atoms with Gasteiger partial charge in [-0.15, -0.1) is 0 Å². The Balaban J connectivity index is 1.26. The molecule has 0 spiro atoms. The second kappa shape index (κ2) is 12.2. The van der Waals surface area contributed by atoms with Gasteiger partial charge in [0.05, 0.1) is 22.0 Å². The fourth-order valence-electron chi connectivity index (χ4n) is 6.13. The van der Waals surface area contributed by atoms with Crippen LogP contribution < -0.4 is 0 Å². The highest BCUT2D eigenvalue weighted by atomic mass is 15.0. The molecule has 4 nitrogen and oxygen atoms in total. The van der Waals surface area contributed by atoms with Gasteiger partial charge in [-0.3, -0.25) is 0 Å². The van der Waals surface area contributed by atoms with Crippen molar-refractivity contribution in [2.45, 2.75) is 0 Å². The van der Waals surface area contributed by atoms with Gasteiger partial charge < -0.3 is 4.57 Å². The Bertz CT molecular complexity index is 2890. The maximum absolute atomic E-state index is 9.03. The Kier molecular flexibility index (Phi) is 5.29. The van der Waals surface area contributed by atoms with Crippen LogP contribution in [0.1, 0.15) is 11.0 Å². The van der Waals surface area contributed by atoms with Crippen LogP contribution in [-0.4, -0.2) is 19.5 Å². The lowest BCUT2D eigenvalue weighted by molar-refractivity contribution is 1.07. The molecular formula is C45H30N4. The van der Waals surface area contributed by atoms with E-state index in [2.05, 4.69) is 0 Å². The van der Waals surface area contributed by atoms with Crippen molar-refractivity contribution >= 4 is 21.8 Å². The maximum Gasteiger partial charge on any atom is 0.164 e. The molecule has 0 N–H and O–H groups in total. The molecule has 2 aromatic heterocycles. The Morgan fingerprint density at radius 1 is 0.367 bits per heavy atom. The number of hydrogen-bond donors (Lipinski definition) is 0. The molecule has 4 heteroatoms. The molecule has 0 radical (unpaired) electrons. The molecule has 2 heterocycles. The molecule has 0 amide bonds. The molecule has 7 aromatic carbocycles. The molecule has 0 saturated carbocycles. The van der Waals surface area contributed by atoms with Crippen LogP contribution >= 0.6 is 0 Å². The molecule has 0 fully saturated rings. The van der Waals surface area contributed by atoms with Gasteiger partial charge in [0.25, 0.3) is 0 Å². The summed E-state index contributed by atoms with van der Waals surface area (Å²) in [6.45, 7) is 0. The van der Waals surface area contributed by atoms with Crippen LogP contribution in [0.5, 0.6) is 0 Å². The van der Waals surface area contributed by atoms with Crippen molar-refractivity contribution in [1.29, 1.82) is 0 Å². The Hall–Kier alpha value is -6.65. The minimum absolute atomic E-state index is 0.0288. The zero-order valence-corrected chi connectivity index (χ0v) is 26.0. The van der Waals surface area contributed by atoms with E-state index in [-0.39, 0.29) is 46.0 Å². The molecule has 9 rings (SSSR count). The lowest BCUT2D eigenvalue weighted by Gasteiger charge is -2.14. The number of fused-ring (bicyclic) bond motifs is 3. The maximum atomic E-state index is 9.03. The van der Waals surface area contributed by atoms with Crippen LogP contribution in [0.15, 0.2) is 182 Å². The second-order valence-electron chi connectivity index (χ2n) is 11.5. The van der Waals surface area contributed by atoms with Crippen molar-refractivity contribution in [3.63, 3.8) is 0 Å². The molecule has 0 saturated heterocycles.